The summed E-state index contributed by atoms with van der Waals surface area (Å²) in [5.41, 5.74) is 0. The number of carbonyl (C=O) groups excluding carboxylic acids is 4. The minimum atomic E-state index is -4.95. The van der Waals surface area contributed by atoms with Gasteiger partial charge in [0.1, 0.15) is 19.3 Å². The van der Waals surface area contributed by atoms with Crippen LogP contribution in [0.5, 0.6) is 0 Å². The number of hydrogen-bond donors (Lipinski definition) is 3. The van der Waals surface area contributed by atoms with Crippen LogP contribution in [0.2, 0.25) is 0 Å². The van der Waals surface area contributed by atoms with Crippen molar-refractivity contribution >= 4 is 39.5 Å². The summed E-state index contributed by atoms with van der Waals surface area (Å²) in [6.07, 6.45) is 50.5. The van der Waals surface area contributed by atoms with Crippen molar-refractivity contribution in [3.8, 4) is 0 Å². The van der Waals surface area contributed by atoms with Gasteiger partial charge in [-0.25, -0.2) is 9.13 Å². The molecule has 0 aromatic heterocycles. The van der Waals surface area contributed by atoms with Crippen LogP contribution in [0.25, 0.3) is 0 Å². The van der Waals surface area contributed by atoms with Crippen LogP contribution in [0.4, 0.5) is 0 Å². The molecule has 19 heteroatoms. The summed E-state index contributed by atoms with van der Waals surface area (Å²) in [4.78, 5) is 72.1. The number of esters is 4. The standard InChI is InChI=1S/C70H136O17P2/c1-6-9-12-15-17-19-20-21-22-23-24-25-26-31-34-37-41-46-51-56-70(75)87-66(60-81-68(73)54-49-44-40-36-33-30-28-27-29-32-35-38-43-47-52-63(4)5)62-85-89(78,79)83-58-64(71)57-82-88(76,77)84-61-65(59-80-67(72)53-48-42-14-11-8-3)86-69(74)55-50-45-39-18-16-13-10-7-2/h63-66,71H,6-62H2,1-5H3,(H,76,77)(H,78,79)/t64-,65+,66+/m0/s1. The number of aliphatic hydroxyl groups excluding tert-OH is 1. The van der Waals surface area contributed by atoms with Gasteiger partial charge in [-0.15, -0.1) is 0 Å². The van der Waals surface area contributed by atoms with Gasteiger partial charge in [0.15, 0.2) is 12.2 Å². The molecule has 2 unspecified atom stereocenters. The van der Waals surface area contributed by atoms with Crippen LogP contribution >= 0.6 is 15.6 Å². The van der Waals surface area contributed by atoms with Crippen LogP contribution in [0.15, 0.2) is 0 Å². The van der Waals surface area contributed by atoms with E-state index in [4.69, 9.17) is 37.0 Å². The summed E-state index contributed by atoms with van der Waals surface area (Å²) >= 11 is 0. The van der Waals surface area contributed by atoms with Gasteiger partial charge in [0, 0.05) is 25.7 Å². The first kappa shape index (κ1) is 87.1. The molecule has 0 aromatic carbocycles. The largest absolute Gasteiger partial charge is 0.472 e. The molecule has 89 heavy (non-hydrogen) atoms. The highest BCUT2D eigenvalue weighted by Crippen LogP contribution is 2.45. The summed E-state index contributed by atoms with van der Waals surface area (Å²) < 4.78 is 68.0. The second kappa shape index (κ2) is 63.5. The Labute approximate surface area is 543 Å². The third-order valence-corrected chi connectivity index (χ3v) is 18.2. The Morgan fingerprint density at radius 2 is 0.517 bits per heavy atom. The topological polar surface area (TPSA) is 237 Å². The van der Waals surface area contributed by atoms with Gasteiger partial charge in [0.25, 0.3) is 0 Å². The average molecular weight is 1310 g/mol. The van der Waals surface area contributed by atoms with Crippen LogP contribution < -0.4 is 0 Å². The molecule has 0 aliphatic heterocycles. The number of ether oxygens (including phenoxy) is 4. The van der Waals surface area contributed by atoms with E-state index in [9.17, 15) is 43.2 Å². The molecule has 0 aromatic rings. The van der Waals surface area contributed by atoms with Crippen LogP contribution in [0.3, 0.4) is 0 Å². The van der Waals surface area contributed by atoms with Crippen molar-refractivity contribution in [3.05, 3.63) is 0 Å². The molecule has 0 rings (SSSR count). The molecule has 17 nitrogen and oxygen atoms in total. The summed E-state index contributed by atoms with van der Waals surface area (Å²) in [7, 11) is -9.88. The third kappa shape index (κ3) is 64.6. The predicted molar refractivity (Wildman–Crippen MR) is 358 cm³/mol. The minimum Gasteiger partial charge on any atom is -0.462 e. The minimum absolute atomic E-state index is 0.104. The fourth-order valence-electron chi connectivity index (χ4n) is 10.6. The molecule has 0 radical (unpaired) electrons. The van der Waals surface area contributed by atoms with Crippen molar-refractivity contribution in [1.29, 1.82) is 0 Å². The van der Waals surface area contributed by atoms with E-state index >= 15 is 0 Å². The van der Waals surface area contributed by atoms with Crippen LogP contribution in [-0.2, 0) is 65.4 Å². The molecule has 0 fully saturated rings. The number of hydrogen-bond acceptors (Lipinski definition) is 15. The monoisotopic (exact) mass is 1310 g/mol. The Balaban J connectivity index is 5.11. The molecule has 0 spiro atoms. The smallest absolute Gasteiger partial charge is 0.462 e. The molecule has 0 amide bonds. The zero-order chi connectivity index (χ0) is 65.6. The Hall–Kier alpha value is -1.94. The average Bonchev–Trinajstić information content (AvgIpc) is 3.68. The highest BCUT2D eigenvalue weighted by Gasteiger charge is 2.30. The molecule has 0 aliphatic carbocycles. The van der Waals surface area contributed by atoms with E-state index in [2.05, 4.69) is 34.6 Å². The molecule has 0 heterocycles. The lowest BCUT2D eigenvalue weighted by atomic mass is 10.0. The van der Waals surface area contributed by atoms with Gasteiger partial charge in [-0.1, -0.05) is 311 Å². The van der Waals surface area contributed by atoms with E-state index in [-0.39, 0.29) is 25.7 Å². The Morgan fingerprint density at radius 3 is 0.764 bits per heavy atom. The van der Waals surface area contributed by atoms with E-state index in [1.807, 2.05) is 0 Å². The summed E-state index contributed by atoms with van der Waals surface area (Å²) in [6.45, 7) is 7.15. The second-order valence-corrected chi connectivity index (χ2v) is 28.7. The lowest BCUT2D eigenvalue weighted by molar-refractivity contribution is -0.161. The lowest BCUT2D eigenvalue weighted by Gasteiger charge is -2.21. The fraction of sp³-hybridized carbons (Fsp3) is 0.943. The maximum atomic E-state index is 13.0. The summed E-state index contributed by atoms with van der Waals surface area (Å²) in [5, 5.41) is 10.5. The first-order chi connectivity index (χ1) is 43.0. The van der Waals surface area contributed by atoms with Gasteiger partial charge in [-0.3, -0.25) is 37.3 Å². The first-order valence-electron chi connectivity index (χ1n) is 36.6. The van der Waals surface area contributed by atoms with E-state index in [0.29, 0.717) is 25.7 Å². The van der Waals surface area contributed by atoms with Gasteiger partial charge in [-0.2, -0.15) is 0 Å². The molecule has 0 bridgehead atoms. The van der Waals surface area contributed by atoms with E-state index in [1.165, 1.54) is 173 Å². The van der Waals surface area contributed by atoms with Crippen LogP contribution in [0.1, 0.15) is 362 Å². The molecule has 5 atom stereocenters. The molecule has 528 valence electrons. The molecule has 3 N–H and O–H groups in total. The molecule has 0 aliphatic rings. The van der Waals surface area contributed by atoms with Crippen molar-refractivity contribution in [2.45, 2.75) is 380 Å². The normalized spacial score (nSPS) is 14.1. The number of carbonyl (C=O) groups is 4. The zero-order valence-electron chi connectivity index (χ0n) is 57.6. The van der Waals surface area contributed by atoms with Gasteiger partial charge < -0.3 is 33.8 Å². The van der Waals surface area contributed by atoms with E-state index in [1.54, 1.807) is 0 Å². The highest BCUT2D eigenvalue weighted by atomic mass is 31.2. The first-order valence-corrected chi connectivity index (χ1v) is 39.6. The summed E-state index contributed by atoms with van der Waals surface area (Å²) in [6, 6.07) is 0. The number of aliphatic hydroxyl groups is 1. The van der Waals surface area contributed by atoms with Crippen molar-refractivity contribution in [2.24, 2.45) is 5.92 Å². The maximum absolute atomic E-state index is 13.0. The number of phosphoric ester groups is 2. The molecule has 0 saturated heterocycles. The molecule has 0 saturated carbocycles. The van der Waals surface area contributed by atoms with Crippen molar-refractivity contribution in [3.63, 3.8) is 0 Å². The number of unbranched alkanes of at least 4 members (excludes halogenated alkanes) is 42. The highest BCUT2D eigenvalue weighted by molar-refractivity contribution is 7.47. The van der Waals surface area contributed by atoms with Crippen LogP contribution in [-0.4, -0.2) is 96.7 Å². The van der Waals surface area contributed by atoms with Crippen molar-refractivity contribution in [2.75, 3.05) is 39.6 Å². The Kier molecular flexibility index (Phi) is 62.1. The molecular weight excluding hydrogens is 1170 g/mol. The van der Waals surface area contributed by atoms with Gasteiger partial charge in [0.2, 0.25) is 0 Å². The second-order valence-electron chi connectivity index (χ2n) is 25.7. The lowest BCUT2D eigenvalue weighted by Crippen LogP contribution is -2.30. The quantitative estimate of drug-likeness (QED) is 0.0222. The SMILES string of the molecule is CCCCCCCCCCCCCCCCCCCCCC(=O)O[C@H](COC(=O)CCCCCCCCCCCCCCCCC(C)C)COP(=O)(O)OC[C@@H](O)COP(=O)(O)OC[C@@H](COC(=O)CCCCCCC)OC(=O)CCCCCCCCCC. The van der Waals surface area contributed by atoms with Crippen molar-refractivity contribution < 1.29 is 80.2 Å². The number of rotatable bonds is 70. The third-order valence-electron chi connectivity index (χ3n) is 16.3. The molecular formula is C70H136O17P2. The predicted octanol–water partition coefficient (Wildman–Crippen LogP) is 20.1. The summed E-state index contributed by atoms with van der Waals surface area (Å²) in [5.74, 6) is -1.34. The van der Waals surface area contributed by atoms with E-state index in [0.717, 1.165) is 109 Å². The van der Waals surface area contributed by atoms with E-state index < -0.39 is 97.5 Å². The van der Waals surface area contributed by atoms with Gasteiger partial charge in [0.05, 0.1) is 26.4 Å². The van der Waals surface area contributed by atoms with Gasteiger partial charge >= 0.3 is 39.5 Å². The zero-order valence-corrected chi connectivity index (χ0v) is 59.4. The maximum Gasteiger partial charge on any atom is 0.472 e. The van der Waals surface area contributed by atoms with Crippen molar-refractivity contribution in [1.82, 2.24) is 0 Å². The number of phosphoric acid groups is 2. The Morgan fingerprint density at radius 1 is 0.303 bits per heavy atom. The van der Waals surface area contributed by atoms with Crippen LogP contribution in [0, 0.1) is 5.92 Å². The fourth-order valence-corrected chi connectivity index (χ4v) is 12.2. The Bertz CT molecular complexity index is 1720. The van der Waals surface area contributed by atoms with Gasteiger partial charge in [-0.05, 0) is 31.6 Å².